The lowest BCUT2D eigenvalue weighted by atomic mass is 9.85. The summed E-state index contributed by atoms with van der Waals surface area (Å²) in [6, 6.07) is 7.53. The molecule has 4 rings (SSSR count). The van der Waals surface area contributed by atoms with Crippen molar-refractivity contribution in [2.45, 2.75) is 25.8 Å². The Morgan fingerprint density at radius 3 is 2.71 bits per heavy atom. The molecule has 0 saturated carbocycles. The maximum absolute atomic E-state index is 13.3. The van der Waals surface area contributed by atoms with Crippen LogP contribution in [0.5, 0.6) is 23.0 Å². The van der Waals surface area contributed by atoms with Crippen LogP contribution in [-0.4, -0.2) is 58.7 Å². The van der Waals surface area contributed by atoms with Gasteiger partial charge in [0.1, 0.15) is 11.8 Å². The van der Waals surface area contributed by atoms with Gasteiger partial charge in [-0.05, 0) is 42.3 Å². The maximum atomic E-state index is 13.3. The molecule has 7 heteroatoms. The van der Waals surface area contributed by atoms with Crippen LogP contribution in [-0.2, 0) is 11.2 Å². The van der Waals surface area contributed by atoms with E-state index in [9.17, 15) is 4.79 Å². The fourth-order valence-corrected chi connectivity index (χ4v) is 4.52. The lowest BCUT2D eigenvalue weighted by molar-refractivity contribution is -0.922. The van der Waals surface area contributed by atoms with Crippen molar-refractivity contribution in [2.75, 3.05) is 48.4 Å². The van der Waals surface area contributed by atoms with Crippen LogP contribution in [0.2, 0.25) is 0 Å². The van der Waals surface area contributed by atoms with E-state index in [1.54, 1.807) is 14.2 Å². The van der Waals surface area contributed by atoms with Gasteiger partial charge in [-0.3, -0.25) is 4.79 Å². The van der Waals surface area contributed by atoms with Crippen LogP contribution in [0.25, 0.3) is 0 Å². The largest absolute Gasteiger partial charge is 0.492 e. The smallest absolute Gasteiger partial charge is 0.231 e. The van der Waals surface area contributed by atoms with Crippen LogP contribution in [0.15, 0.2) is 24.3 Å². The van der Waals surface area contributed by atoms with Crippen LogP contribution >= 0.6 is 0 Å². The highest BCUT2D eigenvalue weighted by atomic mass is 16.7. The second-order valence-corrected chi connectivity index (χ2v) is 8.64. The van der Waals surface area contributed by atoms with E-state index in [1.807, 2.05) is 31.2 Å². The number of nitrogens with zero attached hydrogens (tertiary/aromatic N) is 1. The third-order valence-corrected chi connectivity index (χ3v) is 6.29. The molecule has 166 valence electrons. The minimum absolute atomic E-state index is 0.0505. The number of quaternary nitrogens is 1. The molecule has 0 spiro atoms. The molecule has 2 aliphatic heterocycles. The van der Waals surface area contributed by atoms with Gasteiger partial charge in [-0.1, -0.05) is 0 Å². The van der Waals surface area contributed by atoms with Gasteiger partial charge in [-0.15, -0.1) is 0 Å². The first kappa shape index (κ1) is 21.5. The van der Waals surface area contributed by atoms with E-state index in [-0.39, 0.29) is 25.4 Å². The Kier molecular flexibility index (Phi) is 5.81. The Morgan fingerprint density at radius 1 is 1.19 bits per heavy atom. The number of likely N-dealkylation sites (N-methyl/N-ethyl adjacent to an activating group) is 1. The lowest BCUT2D eigenvalue weighted by Crippen LogP contribution is -2.48. The molecule has 2 heterocycles. The third kappa shape index (κ3) is 3.95. The monoisotopic (exact) mass is 428 g/mol. The molecule has 0 aliphatic carbocycles. The molecular weight excluding hydrogens is 398 g/mol. The fraction of sp³-hybridized carbons (Fsp3) is 0.458. The first-order valence-corrected chi connectivity index (χ1v) is 10.4. The summed E-state index contributed by atoms with van der Waals surface area (Å²) in [4.78, 5) is 13.3. The van der Waals surface area contributed by atoms with Crippen LogP contribution in [0.1, 0.15) is 39.5 Å². The molecule has 7 nitrogen and oxygen atoms in total. The molecule has 0 aromatic heterocycles. The quantitative estimate of drug-likeness (QED) is 0.381. The molecule has 0 fully saturated rings. The van der Waals surface area contributed by atoms with E-state index in [0.29, 0.717) is 33.7 Å². The Bertz CT molecular complexity index is 1000. The van der Waals surface area contributed by atoms with Crippen molar-refractivity contribution in [3.63, 3.8) is 0 Å². The van der Waals surface area contributed by atoms with Gasteiger partial charge in [0.2, 0.25) is 12.5 Å². The Labute approximate surface area is 183 Å². The average molecular weight is 429 g/mol. The predicted molar refractivity (Wildman–Crippen MR) is 115 cm³/mol. The van der Waals surface area contributed by atoms with E-state index in [0.717, 1.165) is 35.4 Å². The number of ketones is 1. The topological polar surface area (TPSA) is 63.2 Å². The summed E-state index contributed by atoms with van der Waals surface area (Å²) in [5.74, 6) is 2.84. The molecule has 2 aliphatic rings. The molecular formula is C24H30NO6+. The number of Topliss-reactive ketones (excluding diaryl/α,β-unsaturated/α-hetero) is 1. The number of rotatable bonds is 7. The molecule has 1 atom stereocenters. The number of hydrogen-bond acceptors (Lipinski definition) is 6. The Morgan fingerprint density at radius 2 is 2.00 bits per heavy atom. The summed E-state index contributed by atoms with van der Waals surface area (Å²) in [5, 5.41) is 0. The predicted octanol–water partition coefficient (Wildman–Crippen LogP) is 3.66. The van der Waals surface area contributed by atoms with Crippen LogP contribution in [0.4, 0.5) is 0 Å². The van der Waals surface area contributed by atoms with Crippen molar-refractivity contribution in [1.29, 1.82) is 0 Å². The molecule has 0 radical (unpaired) electrons. The van der Waals surface area contributed by atoms with E-state index >= 15 is 0 Å². The summed E-state index contributed by atoms with van der Waals surface area (Å²) in [7, 11) is 7.55. The number of methoxy groups -OCH3 is 2. The lowest BCUT2D eigenvalue weighted by Gasteiger charge is -2.43. The summed E-state index contributed by atoms with van der Waals surface area (Å²) in [5.41, 5.74) is 3.79. The number of ether oxygens (including phenoxy) is 5. The van der Waals surface area contributed by atoms with Gasteiger partial charge in [-0.25, -0.2) is 0 Å². The summed E-state index contributed by atoms with van der Waals surface area (Å²) in [6.07, 6.45) is 1.26. The van der Waals surface area contributed by atoms with Gasteiger partial charge >= 0.3 is 0 Å². The molecule has 2 aromatic rings. The van der Waals surface area contributed by atoms with Crippen molar-refractivity contribution < 1.29 is 33.0 Å². The maximum Gasteiger partial charge on any atom is 0.231 e. The average Bonchev–Trinajstić information content (AvgIpc) is 3.21. The van der Waals surface area contributed by atoms with Crippen molar-refractivity contribution in [3.8, 4) is 23.0 Å². The fourth-order valence-electron chi connectivity index (χ4n) is 4.52. The SMILES string of the molecule is COCOc1ccc(C(=O)CC2c3c(cc4c(c3OC)OCO4)CC[N+]2(C)C)cc1C. The normalized spacial score (nSPS) is 18.4. The zero-order valence-electron chi connectivity index (χ0n) is 18.8. The highest BCUT2D eigenvalue weighted by Crippen LogP contribution is 2.51. The highest BCUT2D eigenvalue weighted by Gasteiger charge is 2.42. The minimum Gasteiger partial charge on any atom is -0.492 e. The van der Waals surface area contributed by atoms with E-state index < -0.39 is 0 Å². The summed E-state index contributed by atoms with van der Waals surface area (Å²) >= 11 is 0. The van der Waals surface area contributed by atoms with Gasteiger partial charge in [0, 0.05) is 19.1 Å². The van der Waals surface area contributed by atoms with E-state index in [1.165, 1.54) is 0 Å². The molecule has 0 bridgehead atoms. The van der Waals surface area contributed by atoms with Gasteiger partial charge in [0.25, 0.3) is 0 Å². The van der Waals surface area contributed by atoms with Gasteiger partial charge in [0.15, 0.2) is 24.1 Å². The van der Waals surface area contributed by atoms with Gasteiger partial charge in [0.05, 0.1) is 39.7 Å². The Balaban J connectivity index is 1.67. The zero-order valence-corrected chi connectivity index (χ0v) is 18.8. The summed E-state index contributed by atoms with van der Waals surface area (Å²) < 4.78 is 28.3. The van der Waals surface area contributed by atoms with Gasteiger partial charge in [-0.2, -0.15) is 0 Å². The zero-order chi connectivity index (χ0) is 22.2. The van der Waals surface area contributed by atoms with Gasteiger partial charge < -0.3 is 28.2 Å². The van der Waals surface area contributed by atoms with Crippen molar-refractivity contribution >= 4 is 5.78 Å². The first-order valence-electron chi connectivity index (χ1n) is 10.4. The molecule has 31 heavy (non-hydrogen) atoms. The van der Waals surface area contributed by atoms with Crippen LogP contribution in [0, 0.1) is 6.92 Å². The van der Waals surface area contributed by atoms with Crippen molar-refractivity contribution in [3.05, 3.63) is 46.5 Å². The third-order valence-electron chi connectivity index (χ3n) is 6.29. The van der Waals surface area contributed by atoms with Crippen molar-refractivity contribution in [1.82, 2.24) is 0 Å². The van der Waals surface area contributed by atoms with E-state index in [2.05, 4.69) is 14.1 Å². The van der Waals surface area contributed by atoms with E-state index in [4.69, 9.17) is 23.7 Å². The molecule has 1 unspecified atom stereocenters. The number of fused-ring (bicyclic) bond motifs is 2. The van der Waals surface area contributed by atoms with Crippen LogP contribution in [0.3, 0.4) is 0 Å². The highest BCUT2D eigenvalue weighted by molar-refractivity contribution is 5.97. The molecule has 0 N–H and O–H groups in total. The first-order chi connectivity index (χ1) is 14.9. The molecule has 0 amide bonds. The van der Waals surface area contributed by atoms with Crippen molar-refractivity contribution in [2.24, 2.45) is 0 Å². The van der Waals surface area contributed by atoms with Crippen LogP contribution < -0.4 is 18.9 Å². The second-order valence-electron chi connectivity index (χ2n) is 8.64. The Hall–Kier alpha value is -2.77. The molecule has 0 saturated heterocycles. The number of hydrogen-bond donors (Lipinski definition) is 0. The minimum atomic E-state index is -0.0505. The summed E-state index contributed by atoms with van der Waals surface area (Å²) in [6.45, 7) is 3.22. The number of carbonyl (C=O) groups excluding carboxylic acids is 1. The number of benzene rings is 2. The number of carbonyl (C=O) groups is 1. The molecule has 2 aromatic carbocycles. The second kappa shape index (κ2) is 8.40. The number of aryl methyl sites for hydroxylation is 1. The standard InChI is InChI=1S/C24H30NO6/c1-15-10-16(6-7-20(15)29-13-27-4)19(26)12-18-22-17(8-9-25(18,2)3)11-21-23(24(22)28-5)31-14-30-21/h6-7,10-11,18H,8-9,12-14H2,1-5H3/q+1.